The van der Waals surface area contributed by atoms with Gasteiger partial charge in [-0.3, -0.25) is 10.5 Å². The Morgan fingerprint density at radius 2 is 2.47 bits per heavy atom. The molecule has 1 rings (SSSR count). The van der Waals surface area contributed by atoms with E-state index in [1.807, 2.05) is 6.92 Å². The van der Waals surface area contributed by atoms with Gasteiger partial charge in [-0.1, -0.05) is 18.5 Å². The number of carbonyl (C=O) groups excluding carboxylic acids is 1. The molecule has 81 valence electrons. The van der Waals surface area contributed by atoms with Gasteiger partial charge in [0.1, 0.15) is 6.61 Å². The molecule has 5 nitrogen and oxygen atoms in total. The molecule has 0 unspecified atom stereocenters. The molecule has 0 saturated carbocycles. The van der Waals surface area contributed by atoms with Crippen LogP contribution < -0.4 is 5.73 Å². The number of hydrogen-bond donors (Lipinski definition) is 0. The summed E-state index contributed by atoms with van der Waals surface area (Å²) in [5.41, 5.74) is 6.88. The molecule has 1 N–H and O–H groups in total. The second-order valence-corrected chi connectivity index (χ2v) is 2.93. The molecule has 1 amide bonds. The van der Waals surface area contributed by atoms with Gasteiger partial charge in [-0.15, -0.1) is 0 Å². The van der Waals surface area contributed by atoms with Crippen LogP contribution in [-0.2, 0) is 9.63 Å². The van der Waals surface area contributed by atoms with Gasteiger partial charge in [0.2, 0.25) is 5.71 Å². The van der Waals surface area contributed by atoms with E-state index in [4.69, 9.17) is 15.0 Å². The van der Waals surface area contributed by atoms with Crippen molar-refractivity contribution in [1.29, 1.82) is 0 Å². The van der Waals surface area contributed by atoms with Crippen molar-refractivity contribution in [2.45, 2.75) is 19.8 Å². The van der Waals surface area contributed by atoms with E-state index in [0.717, 1.165) is 12.8 Å². The first-order chi connectivity index (χ1) is 7.25. The van der Waals surface area contributed by atoms with Crippen molar-refractivity contribution in [2.24, 2.45) is 5.16 Å². The Hall–Kier alpha value is -1.78. The Morgan fingerprint density at radius 3 is 3.00 bits per heavy atom. The molecule has 1 radical (unpaired) electrons. The molecule has 0 bridgehead atoms. The van der Waals surface area contributed by atoms with Gasteiger partial charge in [-0.05, 0) is 18.6 Å². The second kappa shape index (κ2) is 5.85. The molecule has 0 aliphatic heterocycles. The quantitative estimate of drug-likeness (QED) is 0.405. The second-order valence-electron chi connectivity index (χ2n) is 2.93. The lowest BCUT2D eigenvalue weighted by Gasteiger charge is -1.99. The van der Waals surface area contributed by atoms with Gasteiger partial charge in [0.15, 0.2) is 5.76 Å². The van der Waals surface area contributed by atoms with Crippen LogP contribution in [0.4, 0.5) is 0 Å². The van der Waals surface area contributed by atoms with Gasteiger partial charge in [-0.2, -0.15) is 0 Å². The highest BCUT2D eigenvalue weighted by molar-refractivity contribution is 6.43. The van der Waals surface area contributed by atoms with Crippen molar-refractivity contribution in [3.8, 4) is 0 Å². The molecule has 0 atom stereocenters. The van der Waals surface area contributed by atoms with E-state index in [2.05, 4.69) is 5.16 Å². The standard InChI is InChI=1S/C10H13N2O3/c1-2-3-7-15-12-9(10(11)13)8-5-4-6-14-8/h4-6,11H,2-3,7H2,1H3. The lowest BCUT2D eigenvalue weighted by molar-refractivity contribution is -0.112. The van der Waals surface area contributed by atoms with Gasteiger partial charge in [-0.25, -0.2) is 0 Å². The van der Waals surface area contributed by atoms with E-state index in [1.54, 1.807) is 12.1 Å². The van der Waals surface area contributed by atoms with Crippen LogP contribution in [0.5, 0.6) is 0 Å². The van der Waals surface area contributed by atoms with E-state index < -0.39 is 5.91 Å². The average molecular weight is 209 g/mol. The summed E-state index contributed by atoms with van der Waals surface area (Å²) < 4.78 is 4.96. The number of nitrogens with zero attached hydrogens (tertiary/aromatic N) is 1. The van der Waals surface area contributed by atoms with Crippen LogP contribution in [0.1, 0.15) is 25.5 Å². The normalized spacial score (nSPS) is 11.4. The molecular formula is C10H13N2O3. The zero-order valence-electron chi connectivity index (χ0n) is 8.53. The van der Waals surface area contributed by atoms with Gasteiger partial charge >= 0.3 is 0 Å². The number of amides is 1. The van der Waals surface area contributed by atoms with Gasteiger partial charge < -0.3 is 9.25 Å². The average Bonchev–Trinajstić information content (AvgIpc) is 2.70. The number of oxime groups is 1. The van der Waals surface area contributed by atoms with Gasteiger partial charge in [0, 0.05) is 0 Å². The summed E-state index contributed by atoms with van der Waals surface area (Å²) in [4.78, 5) is 15.8. The van der Waals surface area contributed by atoms with Crippen molar-refractivity contribution < 1.29 is 14.0 Å². The third-order valence-electron chi connectivity index (χ3n) is 1.71. The van der Waals surface area contributed by atoms with Crippen LogP contribution in [0.25, 0.3) is 0 Å². The van der Waals surface area contributed by atoms with E-state index >= 15 is 0 Å². The van der Waals surface area contributed by atoms with Crippen molar-refractivity contribution in [2.75, 3.05) is 6.61 Å². The molecule has 0 saturated heterocycles. The first kappa shape index (κ1) is 11.3. The summed E-state index contributed by atoms with van der Waals surface area (Å²) in [6.45, 7) is 2.46. The molecule has 0 aromatic carbocycles. The van der Waals surface area contributed by atoms with Crippen LogP contribution in [0.15, 0.2) is 28.0 Å². The largest absolute Gasteiger partial charge is 0.462 e. The molecule has 0 aliphatic carbocycles. The minimum atomic E-state index is -0.915. The Bertz CT molecular complexity index is 330. The van der Waals surface area contributed by atoms with Crippen LogP contribution in [-0.4, -0.2) is 18.2 Å². The lowest BCUT2D eigenvalue weighted by atomic mass is 10.3. The highest BCUT2D eigenvalue weighted by Crippen LogP contribution is 2.03. The van der Waals surface area contributed by atoms with E-state index in [9.17, 15) is 4.79 Å². The zero-order chi connectivity index (χ0) is 11.1. The molecule has 0 spiro atoms. The fourth-order valence-electron chi connectivity index (χ4n) is 0.931. The van der Waals surface area contributed by atoms with Crippen molar-refractivity contribution in [3.05, 3.63) is 24.2 Å². The Morgan fingerprint density at radius 1 is 1.67 bits per heavy atom. The molecule has 5 heteroatoms. The zero-order valence-corrected chi connectivity index (χ0v) is 8.53. The highest BCUT2D eigenvalue weighted by Gasteiger charge is 2.14. The first-order valence-corrected chi connectivity index (χ1v) is 4.75. The Labute approximate surface area is 87.9 Å². The monoisotopic (exact) mass is 209 g/mol. The molecule has 1 heterocycles. The summed E-state index contributed by atoms with van der Waals surface area (Å²) in [6, 6.07) is 3.19. The van der Waals surface area contributed by atoms with Gasteiger partial charge in [0.25, 0.3) is 5.91 Å². The molecule has 0 fully saturated rings. The fourth-order valence-corrected chi connectivity index (χ4v) is 0.931. The molecular weight excluding hydrogens is 196 g/mol. The summed E-state index contributed by atoms with van der Waals surface area (Å²) in [6.07, 6.45) is 3.27. The smallest absolute Gasteiger partial charge is 0.295 e. The van der Waals surface area contributed by atoms with Crippen LogP contribution in [0, 0.1) is 0 Å². The summed E-state index contributed by atoms with van der Waals surface area (Å²) in [5, 5.41) is 3.59. The Kier molecular flexibility index (Phi) is 4.40. The van der Waals surface area contributed by atoms with Crippen molar-refractivity contribution in [1.82, 2.24) is 5.73 Å². The third-order valence-corrected chi connectivity index (χ3v) is 1.71. The molecule has 15 heavy (non-hydrogen) atoms. The molecule has 0 aliphatic rings. The topological polar surface area (TPSA) is 75.6 Å². The number of carbonyl (C=O) groups is 1. The summed E-state index contributed by atoms with van der Waals surface area (Å²) in [5.74, 6) is -0.659. The predicted octanol–water partition coefficient (Wildman–Crippen LogP) is 1.61. The number of unbranched alkanes of at least 4 members (excludes halogenated alkanes) is 1. The molecule has 1 aromatic rings. The van der Waals surface area contributed by atoms with E-state index in [0.29, 0.717) is 6.61 Å². The lowest BCUT2D eigenvalue weighted by Crippen LogP contribution is -2.16. The maximum Gasteiger partial charge on any atom is 0.295 e. The van der Waals surface area contributed by atoms with Crippen LogP contribution in [0.2, 0.25) is 0 Å². The fraction of sp³-hybridized carbons (Fsp3) is 0.400. The summed E-state index contributed by atoms with van der Waals surface area (Å²) in [7, 11) is 0. The Balaban J connectivity index is 2.63. The summed E-state index contributed by atoms with van der Waals surface area (Å²) >= 11 is 0. The van der Waals surface area contributed by atoms with Crippen LogP contribution in [0.3, 0.4) is 0 Å². The minimum Gasteiger partial charge on any atom is -0.462 e. The van der Waals surface area contributed by atoms with E-state index in [1.165, 1.54) is 6.26 Å². The first-order valence-electron chi connectivity index (χ1n) is 4.75. The van der Waals surface area contributed by atoms with Gasteiger partial charge in [0.05, 0.1) is 6.26 Å². The highest BCUT2D eigenvalue weighted by atomic mass is 16.6. The van der Waals surface area contributed by atoms with Crippen LogP contribution >= 0.6 is 0 Å². The number of nitrogens with one attached hydrogen (secondary N) is 1. The van der Waals surface area contributed by atoms with E-state index in [-0.39, 0.29) is 11.5 Å². The third kappa shape index (κ3) is 3.46. The SMILES string of the molecule is CCCCON=C(C([NH])=O)c1ccco1. The predicted molar refractivity (Wildman–Crippen MR) is 54.2 cm³/mol. The molecule has 1 aromatic heterocycles. The maximum atomic E-state index is 10.9. The van der Waals surface area contributed by atoms with Crippen molar-refractivity contribution >= 4 is 11.6 Å². The van der Waals surface area contributed by atoms with Crippen molar-refractivity contribution in [3.63, 3.8) is 0 Å². The number of rotatable bonds is 6. The number of furan rings is 1. The maximum absolute atomic E-state index is 10.9. The number of hydrogen-bond acceptors (Lipinski definition) is 4. The minimum absolute atomic E-state index is 0.101.